The minimum absolute atomic E-state index is 0.0344. The van der Waals surface area contributed by atoms with Gasteiger partial charge in [0.05, 0.1) is 4.92 Å². The SMILES string of the molecule is Cc1nc(SCc2cc([N+](=O)[O-])ccc2Cl)nc(C)c1C. The van der Waals surface area contributed by atoms with Crippen LogP contribution in [0.1, 0.15) is 22.5 Å². The third-order valence-corrected chi connectivity index (χ3v) is 4.47. The summed E-state index contributed by atoms with van der Waals surface area (Å²) in [7, 11) is 0. The molecule has 21 heavy (non-hydrogen) atoms. The molecule has 7 heteroatoms. The van der Waals surface area contributed by atoms with Crippen molar-refractivity contribution in [3.8, 4) is 0 Å². The van der Waals surface area contributed by atoms with E-state index in [1.54, 1.807) is 6.07 Å². The molecule has 2 rings (SSSR count). The molecule has 5 nitrogen and oxygen atoms in total. The van der Waals surface area contributed by atoms with E-state index in [4.69, 9.17) is 11.6 Å². The summed E-state index contributed by atoms with van der Waals surface area (Å²) < 4.78 is 0. The molecule has 0 spiro atoms. The van der Waals surface area contributed by atoms with Gasteiger partial charge in [0.1, 0.15) is 0 Å². The molecule has 0 radical (unpaired) electrons. The molecule has 0 aliphatic heterocycles. The number of nitro benzene ring substituents is 1. The van der Waals surface area contributed by atoms with E-state index >= 15 is 0 Å². The van der Waals surface area contributed by atoms with Gasteiger partial charge in [-0.25, -0.2) is 9.97 Å². The Hall–Kier alpha value is -1.66. The van der Waals surface area contributed by atoms with E-state index in [0.717, 1.165) is 17.0 Å². The second-order valence-electron chi connectivity index (χ2n) is 4.62. The molecule has 2 aromatic rings. The average molecular weight is 324 g/mol. The number of hydrogen-bond acceptors (Lipinski definition) is 5. The van der Waals surface area contributed by atoms with E-state index in [-0.39, 0.29) is 5.69 Å². The van der Waals surface area contributed by atoms with Crippen LogP contribution in [0.3, 0.4) is 0 Å². The Bertz CT molecular complexity index is 684. The molecule has 1 aromatic heterocycles. The molecule has 0 fully saturated rings. The summed E-state index contributed by atoms with van der Waals surface area (Å²) in [6, 6.07) is 4.43. The lowest BCUT2D eigenvalue weighted by Gasteiger charge is -2.07. The molecule has 0 bridgehead atoms. The van der Waals surface area contributed by atoms with Gasteiger partial charge in [-0.1, -0.05) is 23.4 Å². The minimum Gasteiger partial charge on any atom is -0.258 e. The van der Waals surface area contributed by atoms with Crippen LogP contribution >= 0.6 is 23.4 Å². The van der Waals surface area contributed by atoms with Crippen LogP contribution in [0.2, 0.25) is 5.02 Å². The van der Waals surface area contributed by atoms with Gasteiger partial charge in [-0.3, -0.25) is 10.1 Å². The van der Waals surface area contributed by atoms with Crippen molar-refractivity contribution in [2.75, 3.05) is 0 Å². The zero-order valence-corrected chi connectivity index (χ0v) is 13.5. The largest absolute Gasteiger partial charge is 0.269 e. The molecule has 0 amide bonds. The molecule has 0 atom stereocenters. The number of thioether (sulfide) groups is 1. The summed E-state index contributed by atoms with van der Waals surface area (Å²) in [6.07, 6.45) is 0. The number of rotatable bonds is 4. The first-order valence-corrected chi connectivity index (χ1v) is 7.62. The van der Waals surface area contributed by atoms with E-state index in [1.807, 2.05) is 20.8 Å². The van der Waals surface area contributed by atoms with Gasteiger partial charge in [-0.15, -0.1) is 0 Å². The highest BCUT2D eigenvalue weighted by molar-refractivity contribution is 7.98. The van der Waals surface area contributed by atoms with Crippen LogP contribution in [0.4, 0.5) is 5.69 Å². The molecular formula is C14H14ClN3O2S. The molecule has 0 aliphatic rings. The summed E-state index contributed by atoms with van der Waals surface area (Å²) in [5.41, 5.74) is 3.69. The fourth-order valence-electron chi connectivity index (χ4n) is 1.73. The highest BCUT2D eigenvalue weighted by atomic mass is 35.5. The topological polar surface area (TPSA) is 68.9 Å². The standard InChI is InChI=1S/C14H14ClN3O2S/c1-8-9(2)16-14(17-10(8)3)21-7-11-6-12(18(19)20)4-5-13(11)15/h4-6H,7H2,1-3H3. The Balaban J connectivity index is 2.20. The van der Waals surface area contributed by atoms with Gasteiger partial charge < -0.3 is 0 Å². The van der Waals surface area contributed by atoms with Crippen molar-refractivity contribution in [3.05, 3.63) is 55.9 Å². The van der Waals surface area contributed by atoms with Crippen molar-refractivity contribution < 1.29 is 4.92 Å². The van der Waals surface area contributed by atoms with E-state index in [0.29, 0.717) is 21.5 Å². The molecule has 110 valence electrons. The number of non-ortho nitro benzene ring substituents is 1. The average Bonchev–Trinajstić information content (AvgIpc) is 2.43. The first-order valence-electron chi connectivity index (χ1n) is 6.26. The Morgan fingerprint density at radius 1 is 1.24 bits per heavy atom. The fourth-order valence-corrected chi connectivity index (χ4v) is 2.92. The van der Waals surface area contributed by atoms with Crippen molar-refractivity contribution >= 4 is 29.1 Å². The van der Waals surface area contributed by atoms with Crippen LogP contribution in [0.5, 0.6) is 0 Å². The molecular weight excluding hydrogens is 310 g/mol. The first-order chi connectivity index (χ1) is 9.88. The number of nitro groups is 1. The maximum atomic E-state index is 10.8. The van der Waals surface area contributed by atoms with Crippen molar-refractivity contribution in [1.29, 1.82) is 0 Å². The van der Waals surface area contributed by atoms with Gasteiger partial charge in [-0.05, 0) is 38.0 Å². The van der Waals surface area contributed by atoms with Gasteiger partial charge in [-0.2, -0.15) is 0 Å². The van der Waals surface area contributed by atoms with E-state index < -0.39 is 4.92 Å². The van der Waals surface area contributed by atoms with Crippen LogP contribution in [0, 0.1) is 30.9 Å². The third-order valence-electron chi connectivity index (χ3n) is 3.21. The first kappa shape index (κ1) is 15.7. The van der Waals surface area contributed by atoms with E-state index in [9.17, 15) is 10.1 Å². The highest BCUT2D eigenvalue weighted by Crippen LogP contribution is 2.28. The van der Waals surface area contributed by atoms with Crippen molar-refractivity contribution in [2.24, 2.45) is 0 Å². The zero-order valence-electron chi connectivity index (χ0n) is 11.9. The molecule has 1 heterocycles. The Morgan fingerprint density at radius 3 is 2.43 bits per heavy atom. The maximum absolute atomic E-state index is 10.8. The monoisotopic (exact) mass is 323 g/mol. The summed E-state index contributed by atoms with van der Waals surface area (Å²) in [5.74, 6) is 0.489. The minimum atomic E-state index is -0.429. The van der Waals surface area contributed by atoms with Crippen LogP contribution in [-0.2, 0) is 5.75 Å². The molecule has 0 unspecified atom stereocenters. The normalized spacial score (nSPS) is 10.7. The fraction of sp³-hybridized carbons (Fsp3) is 0.286. The lowest BCUT2D eigenvalue weighted by Crippen LogP contribution is -1.98. The summed E-state index contributed by atoms with van der Waals surface area (Å²) in [5, 5.41) is 12.0. The Kier molecular flexibility index (Phi) is 4.80. The van der Waals surface area contributed by atoms with Crippen LogP contribution in [-0.4, -0.2) is 14.9 Å². The van der Waals surface area contributed by atoms with Crippen molar-refractivity contribution in [3.63, 3.8) is 0 Å². The Morgan fingerprint density at radius 2 is 1.86 bits per heavy atom. The molecule has 0 saturated heterocycles. The number of nitrogens with zero attached hydrogens (tertiary/aromatic N) is 3. The van der Waals surface area contributed by atoms with Crippen LogP contribution in [0.25, 0.3) is 0 Å². The van der Waals surface area contributed by atoms with Gasteiger partial charge in [0, 0.05) is 34.3 Å². The summed E-state index contributed by atoms with van der Waals surface area (Å²) in [6.45, 7) is 5.86. The van der Waals surface area contributed by atoms with Gasteiger partial charge in [0.25, 0.3) is 5.69 Å². The molecule has 0 N–H and O–H groups in total. The molecule has 0 aliphatic carbocycles. The Labute approximate surface area is 131 Å². The van der Waals surface area contributed by atoms with Crippen LogP contribution in [0.15, 0.2) is 23.4 Å². The second kappa shape index (κ2) is 6.41. The van der Waals surface area contributed by atoms with E-state index in [1.165, 1.54) is 23.9 Å². The van der Waals surface area contributed by atoms with Gasteiger partial charge >= 0.3 is 0 Å². The van der Waals surface area contributed by atoms with E-state index in [2.05, 4.69) is 9.97 Å². The predicted molar refractivity (Wildman–Crippen MR) is 83.9 cm³/mol. The maximum Gasteiger partial charge on any atom is 0.269 e. The summed E-state index contributed by atoms with van der Waals surface area (Å²) in [4.78, 5) is 19.2. The highest BCUT2D eigenvalue weighted by Gasteiger charge is 2.11. The number of aromatic nitrogens is 2. The molecule has 1 aromatic carbocycles. The molecule has 0 saturated carbocycles. The van der Waals surface area contributed by atoms with Crippen molar-refractivity contribution in [2.45, 2.75) is 31.7 Å². The van der Waals surface area contributed by atoms with Crippen molar-refractivity contribution in [1.82, 2.24) is 9.97 Å². The lowest BCUT2D eigenvalue weighted by atomic mass is 10.2. The zero-order chi connectivity index (χ0) is 15.6. The number of benzene rings is 1. The van der Waals surface area contributed by atoms with Gasteiger partial charge in [0.15, 0.2) is 5.16 Å². The predicted octanol–water partition coefficient (Wildman–Crippen LogP) is 4.26. The second-order valence-corrected chi connectivity index (χ2v) is 5.97. The summed E-state index contributed by atoms with van der Waals surface area (Å²) >= 11 is 7.49. The number of hydrogen-bond donors (Lipinski definition) is 0. The lowest BCUT2D eigenvalue weighted by molar-refractivity contribution is -0.384. The van der Waals surface area contributed by atoms with Crippen LogP contribution < -0.4 is 0 Å². The number of aryl methyl sites for hydroxylation is 2. The third kappa shape index (κ3) is 3.71. The van der Waals surface area contributed by atoms with Gasteiger partial charge in [0.2, 0.25) is 0 Å². The smallest absolute Gasteiger partial charge is 0.258 e. The number of halogens is 1. The quantitative estimate of drug-likeness (QED) is 0.364.